The second-order valence-electron chi connectivity index (χ2n) is 29.8. The van der Waals surface area contributed by atoms with E-state index in [1.807, 2.05) is 62.3 Å². The molecular weight excluding hydrogens is 1540 g/mol. The second-order valence-corrected chi connectivity index (χ2v) is 34.7. The number of carbonyl (C=O) groups is 3. The van der Waals surface area contributed by atoms with Gasteiger partial charge in [-0.05, 0) is 57.8 Å². The molecule has 111 heavy (non-hydrogen) atoms. The van der Waals surface area contributed by atoms with Crippen LogP contribution in [-0.4, -0.2) is 229 Å². The largest absolute Gasteiger partial charge is 0.476 e. The molecule has 0 saturated carbocycles. The van der Waals surface area contributed by atoms with Gasteiger partial charge in [-0.1, -0.05) is 62.3 Å². The minimum Gasteiger partial charge on any atom is -0.476 e. The fraction of sp³-hybridized carbons (Fsp3) is 0.714. The summed E-state index contributed by atoms with van der Waals surface area (Å²) >= 11 is 0. The summed E-state index contributed by atoms with van der Waals surface area (Å²) in [7, 11) is -8.97. The molecular formula is C63H96F3N18O24P3. The molecule has 6 aromatic rings. The Kier molecular flexibility index (Phi) is 25.5. The van der Waals surface area contributed by atoms with Gasteiger partial charge >= 0.3 is 41.7 Å². The highest BCUT2D eigenvalue weighted by Crippen LogP contribution is 2.63. The molecule has 618 valence electrons. The Balaban J connectivity index is 0.000000177. The molecule has 6 aliphatic rings. The number of carbonyl (C=O) groups excluding carboxylic acids is 3. The van der Waals surface area contributed by atoms with Gasteiger partial charge in [0.15, 0.2) is 69.2 Å². The lowest BCUT2D eigenvalue weighted by Gasteiger charge is -2.35. The normalized spacial score (nSPS) is 30.6. The number of nitrogens with one attached hydrogen (secondary N) is 3. The van der Waals surface area contributed by atoms with E-state index >= 15 is 13.2 Å². The molecule has 1 unspecified atom stereocenters. The van der Waals surface area contributed by atoms with Crippen molar-refractivity contribution in [3.63, 3.8) is 0 Å². The molecule has 42 nitrogen and oxygen atoms in total. The van der Waals surface area contributed by atoms with Gasteiger partial charge in [-0.2, -0.15) is 29.9 Å². The van der Waals surface area contributed by atoms with Gasteiger partial charge in [0.2, 0.25) is 35.5 Å². The van der Waals surface area contributed by atoms with Gasteiger partial charge in [0.1, 0.15) is 36.6 Å². The lowest BCUT2D eigenvalue weighted by Crippen LogP contribution is -2.47. The molecule has 0 spiro atoms. The van der Waals surface area contributed by atoms with Crippen molar-refractivity contribution < 1.29 is 125 Å². The van der Waals surface area contributed by atoms with E-state index < -0.39 is 148 Å². The van der Waals surface area contributed by atoms with Gasteiger partial charge < -0.3 is 75.8 Å². The Labute approximate surface area is 635 Å². The van der Waals surface area contributed by atoms with Crippen LogP contribution in [0.25, 0.3) is 33.5 Å². The summed E-state index contributed by atoms with van der Waals surface area (Å²) in [5, 5.41) is 7.88. The van der Waals surface area contributed by atoms with Gasteiger partial charge in [-0.25, -0.2) is 56.2 Å². The SMILES string of the molecule is CCOc1nc(N)nc2c1ncn2[C@@H]1O[C@@H]2COP(=O)(OC[C@@H](NC(=O)OC)C(C)(C)C)O[C@H]2[C@@]1(C)F.CCOc1nc(N)nc2c1ncn2[C@@H]1O[C@@H]2CO[P@@](=O)(OC[C@@H](NC(=O)OC)C(C)(C)C)O[C@H]2[C@@]1(C)F.CCOc1nc(N)nc2c1ncn2[C@@H]1O[C@@H]2CO[P@](=O)(OC[C@@H](NC(=O)OC)C(C)(C)C)O[C@H]2[C@@]1(C)F. The maximum atomic E-state index is 16.3. The van der Waals surface area contributed by atoms with Crippen molar-refractivity contribution in [3.8, 4) is 17.6 Å². The van der Waals surface area contributed by atoms with Crippen molar-refractivity contribution >= 4 is 93.1 Å². The van der Waals surface area contributed by atoms with Crippen LogP contribution >= 0.6 is 23.5 Å². The third-order valence-electron chi connectivity index (χ3n) is 18.5. The Morgan fingerprint density at radius 1 is 0.477 bits per heavy atom. The van der Waals surface area contributed by atoms with Gasteiger partial charge in [0, 0.05) is 0 Å². The van der Waals surface area contributed by atoms with E-state index in [9.17, 15) is 28.1 Å². The summed E-state index contributed by atoms with van der Waals surface area (Å²) in [6.07, 6.45) is -8.45. The highest BCUT2D eigenvalue weighted by atomic mass is 31.2. The number of amides is 3. The van der Waals surface area contributed by atoms with Crippen molar-refractivity contribution in [2.24, 2.45) is 16.2 Å². The number of halogens is 3. The molecule has 3 amide bonds. The number of nitrogens with zero attached hydrogens (tertiary/aromatic N) is 12. The second kappa shape index (κ2) is 33.0. The molecule has 12 heterocycles. The van der Waals surface area contributed by atoms with Crippen LogP contribution in [0.1, 0.15) is 123 Å². The zero-order valence-corrected chi connectivity index (χ0v) is 67.1. The first-order valence-corrected chi connectivity index (χ1v) is 39.4. The third kappa shape index (κ3) is 18.6. The van der Waals surface area contributed by atoms with Crippen LogP contribution in [0.5, 0.6) is 17.6 Å². The third-order valence-corrected chi connectivity index (χ3v) is 22.8. The molecule has 6 fully saturated rings. The number of nitrogens with two attached hydrogens (primary N) is 3. The number of rotatable bonds is 21. The zero-order chi connectivity index (χ0) is 81.5. The van der Waals surface area contributed by atoms with E-state index in [2.05, 4.69) is 75.0 Å². The number of alkyl halides is 3. The Morgan fingerprint density at radius 3 is 0.937 bits per heavy atom. The molecule has 0 aliphatic carbocycles. The van der Waals surface area contributed by atoms with E-state index in [1.165, 1.54) is 74.8 Å². The average molecular weight is 1640 g/mol. The smallest absolute Gasteiger partial charge is 0.475 e. The van der Waals surface area contributed by atoms with Crippen LogP contribution in [0, 0.1) is 16.2 Å². The summed E-state index contributed by atoms with van der Waals surface area (Å²) < 4.78 is 190. The molecule has 0 aromatic carbocycles. The van der Waals surface area contributed by atoms with Crippen LogP contribution in [-0.2, 0) is 82.8 Å². The summed E-state index contributed by atoms with van der Waals surface area (Å²) in [5.41, 5.74) is 10.8. The number of phosphoric acid groups is 3. The lowest BCUT2D eigenvalue weighted by molar-refractivity contribution is -0.0720. The first-order valence-electron chi connectivity index (χ1n) is 35.0. The summed E-state index contributed by atoms with van der Waals surface area (Å²) in [5.74, 6) is 0.226. The van der Waals surface area contributed by atoms with Gasteiger partial charge in [-0.15, -0.1) is 0 Å². The maximum absolute atomic E-state index is 16.3. The maximum Gasteiger partial charge on any atom is 0.475 e. The number of ether oxygens (including phenoxy) is 9. The summed E-state index contributed by atoms with van der Waals surface area (Å²) in [4.78, 5) is 72.6. The molecule has 0 bridgehead atoms. The molecule has 48 heteroatoms. The van der Waals surface area contributed by atoms with Crippen molar-refractivity contribution in [2.45, 2.75) is 194 Å². The molecule has 6 aliphatic heterocycles. The van der Waals surface area contributed by atoms with Gasteiger partial charge in [0.25, 0.3) is 0 Å². The average Bonchev–Trinajstić information content (AvgIpc) is 1.60. The van der Waals surface area contributed by atoms with E-state index in [4.69, 9.17) is 86.3 Å². The minimum atomic E-state index is -4.22. The number of aromatic nitrogens is 12. The molecule has 0 radical (unpaired) electrons. The number of nitrogen functional groups attached to an aromatic ring is 3. The van der Waals surface area contributed by atoms with E-state index in [0.717, 1.165) is 0 Å². The number of imidazole rings is 3. The van der Waals surface area contributed by atoms with Crippen molar-refractivity contribution in [1.82, 2.24) is 74.5 Å². The number of anilines is 3. The highest BCUT2D eigenvalue weighted by Gasteiger charge is 2.65. The number of alkyl carbamates (subject to hydrolysis) is 3. The zero-order valence-electron chi connectivity index (χ0n) is 64.4. The lowest BCUT2D eigenvalue weighted by atomic mass is 9.87. The van der Waals surface area contributed by atoms with Crippen molar-refractivity contribution in [2.75, 3.05) is 98.0 Å². The molecule has 6 aromatic heterocycles. The Bertz CT molecular complexity index is 4050. The van der Waals surface area contributed by atoms with Crippen LogP contribution < -0.4 is 47.4 Å². The summed E-state index contributed by atoms with van der Waals surface area (Å²) in [6.45, 7) is 25.2. The fourth-order valence-corrected chi connectivity index (χ4v) is 16.7. The monoisotopic (exact) mass is 1640 g/mol. The standard InChI is InChI=1S/3C21H32FN6O8P/c3*1-7-32-16-13-15(26-18(23)27-16)28(10-24-13)17-21(5,22)14-11(35-17)8-33-37(30,36-14)34-9-12(20(2,3)4)25-19(29)31-6/h3*10-12,14,17H,7-9H2,1-6H3,(H,25,29)(H2,23,26,27)/t11-,12-,14-,17-,21-,37?;11-,12-,14-,17-,21-,37+;11-,12-,14-,17-,21-,37-/m111/s1. The van der Waals surface area contributed by atoms with Gasteiger partial charge in [0.05, 0.1) is 118 Å². The van der Waals surface area contributed by atoms with Crippen molar-refractivity contribution in [1.29, 1.82) is 0 Å². The van der Waals surface area contributed by atoms with Gasteiger partial charge in [-0.3, -0.25) is 54.4 Å². The van der Waals surface area contributed by atoms with E-state index in [0.29, 0.717) is 19.8 Å². The van der Waals surface area contributed by atoms with Crippen LogP contribution in [0.2, 0.25) is 0 Å². The first kappa shape index (κ1) is 85.7. The fourth-order valence-electron chi connectivity index (χ4n) is 12.3. The Hall–Kier alpha value is -7.74. The van der Waals surface area contributed by atoms with E-state index in [1.54, 1.807) is 20.8 Å². The van der Waals surface area contributed by atoms with Crippen molar-refractivity contribution in [3.05, 3.63) is 19.0 Å². The number of hydrogen-bond donors (Lipinski definition) is 6. The quantitative estimate of drug-likeness (QED) is 0.0292. The summed E-state index contributed by atoms with van der Waals surface area (Å²) in [6, 6.07) is -1.83. The van der Waals surface area contributed by atoms with Crippen LogP contribution in [0.3, 0.4) is 0 Å². The molecule has 12 rings (SSSR count). The highest BCUT2D eigenvalue weighted by molar-refractivity contribution is 7.49. The van der Waals surface area contributed by atoms with Crippen LogP contribution in [0.4, 0.5) is 45.4 Å². The number of hydrogen-bond acceptors (Lipinski definition) is 36. The van der Waals surface area contributed by atoms with Crippen LogP contribution in [0.15, 0.2) is 19.0 Å². The number of methoxy groups -OCH3 is 3. The predicted molar refractivity (Wildman–Crippen MR) is 382 cm³/mol. The number of fused-ring (bicyclic) bond motifs is 6. The van der Waals surface area contributed by atoms with E-state index in [-0.39, 0.29) is 109 Å². The minimum absolute atomic E-state index is 0.0832. The topological polar surface area (TPSA) is 514 Å². The number of phosphoric ester groups is 3. The Morgan fingerprint density at radius 2 is 0.721 bits per heavy atom. The molecule has 6 saturated heterocycles. The predicted octanol–water partition coefficient (Wildman–Crippen LogP) is 8.23. The molecule has 9 N–H and O–H groups in total. The molecule has 18 atom stereocenters. The first-order chi connectivity index (χ1) is 51.9.